The van der Waals surface area contributed by atoms with Gasteiger partial charge in [-0.2, -0.15) is 4.31 Å². The molecule has 0 spiro atoms. The number of aromatic carboxylic acids is 1. The van der Waals surface area contributed by atoms with Crippen LogP contribution in [0.3, 0.4) is 0 Å². The molecule has 21 heavy (non-hydrogen) atoms. The average Bonchev–Trinajstić information content (AvgIpc) is 2.83. The summed E-state index contributed by atoms with van der Waals surface area (Å²) in [4.78, 5) is 10.8. The largest absolute Gasteiger partial charge is 0.475 e. The molecule has 1 aliphatic rings. The lowest BCUT2D eigenvalue weighted by Gasteiger charge is -2.34. The Bertz CT molecular complexity index is 623. The topological polar surface area (TPSA) is 87.8 Å². The number of carboxylic acid groups (broad SMARTS) is 1. The van der Waals surface area contributed by atoms with E-state index in [2.05, 4.69) is 15.9 Å². The normalized spacial score (nSPS) is 20.6. The first kappa shape index (κ1) is 16.5. The molecule has 1 fully saturated rings. The van der Waals surface area contributed by atoms with Crippen molar-refractivity contribution in [2.75, 3.05) is 6.54 Å². The number of sulfonamides is 1. The summed E-state index contributed by atoms with van der Waals surface area (Å²) in [6, 6.07) is 1.04. The van der Waals surface area contributed by atoms with E-state index in [0.29, 0.717) is 6.54 Å². The molecule has 0 saturated carbocycles. The molecule has 0 radical (unpaired) electrons. The van der Waals surface area contributed by atoms with Gasteiger partial charge in [0.05, 0.1) is 0 Å². The zero-order chi connectivity index (χ0) is 15.6. The predicted molar refractivity (Wildman–Crippen MR) is 79.8 cm³/mol. The maximum atomic E-state index is 12.8. The summed E-state index contributed by atoms with van der Waals surface area (Å²) in [7, 11) is -3.75. The fourth-order valence-electron chi connectivity index (χ4n) is 2.67. The molecule has 6 nitrogen and oxygen atoms in total. The molecule has 1 aliphatic heterocycles. The van der Waals surface area contributed by atoms with Crippen molar-refractivity contribution < 1.29 is 22.7 Å². The first-order chi connectivity index (χ1) is 9.87. The maximum Gasteiger partial charge on any atom is 0.371 e. The number of rotatable bonds is 5. The first-order valence-corrected chi connectivity index (χ1v) is 9.15. The fourth-order valence-corrected chi connectivity index (χ4v) is 5.30. The first-order valence-electron chi connectivity index (χ1n) is 6.92. The van der Waals surface area contributed by atoms with Gasteiger partial charge in [0.1, 0.15) is 4.90 Å². The van der Waals surface area contributed by atoms with Crippen molar-refractivity contribution in [3.63, 3.8) is 0 Å². The number of piperidine rings is 1. The Labute approximate surface area is 132 Å². The van der Waals surface area contributed by atoms with Crippen LogP contribution in [0.25, 0.3) is 0 Å². The summed E-state index contributed by atoms with van der Waals surface area (Å²) in [6.07, 6.45) is 4.39. The van der Waals surface area contributed by atoms with Crippen LogP contribution in [0, 0.1) is 0 Å². The van der Waals surface area contributed by atoms with E-state index in [9.17, 15) is 13.2 Å². The lowest BCUT2D eigenvalue weighted by atomic mass is 10.0. The summed E-state index contributed by atoms with van der Waals surface area (Å²) in [5.41, 5.74) is 0. The Hall–Kier alpha value is -0.860. The minimum absolute atomic E-state index is 0.0242. The molecule has 1 aromatic rings. The highest BCUT2D eigenvalue weighted by molar-refractivity contribution is 9.10. The number of furan rings is 1. The van der Waals surface area contributed by atoms with Crippen LogP contribution in [-0.2, 0) is 10.0 Å². The molecule has 2 rings (SSSR count). The molecule has 0 aromatic carbocycles. The molecule has 0 aliphatic carbocycles. The smallest absolute Gasteiger partial charge is 0.371 e. The van der Waals surface area contributed by atoms with Crippen molar-refractivity contribution in [1.82, 2.24) is 4.31 Å². The molecule has 1 saturated heterocycles. The number of carbonyl (C=O) groups is 1. The molecule has 0 bridgehead atoms. The minimum atomic E-state index is -3.75. The van der Waals surface area contributed by atoms with Crippen LogP contribution >= 0.6 is 15.9 Å². The van der Waals surface area contributed by atoms with E-state index in [0.717, 1.165) is 38.2 Å². The molecule has 0 amide bonds. The number of carboxylic acids is 1. The van der Waals surface area contributed by atoms with Gasteiger partial charge in [0, 0.05) is 18.7 Å². The van der Waals surface area contributed by atoms with E-state index in [1.807, 2.05) is 6.92 Å². The summed E-state index contributed by atoms with van der Waals surface area (Å²) >= 11 is 3.01. The predicted octanol–water partition coefficient (Wildman–Crippen LogP) is 3.08. The zero-order valence-electron chi connectivity index (χ0n) is 11.7. The molecule has 1 atom stereocenters. The molecule has 1 aromatic heterocycles. The van der Waals surface area contributed by atoms with Crippen molar-refractivity contribution in [1.29, 1.82) is 0 Å². The maximum absolute atomic E-state index is 12.8. The SMILES string of the molecule is CCCC1CCCCN1S(=O)(=O)c1cc(C(=O)O)oc1Br. The van der Waals surface area contributed by atoms with Crippen LogP contribution in [0.2, 0.25) is 0 Å². The highest BCUT2D eigenvalue weighted by atomic mass is 79.9. The number of nitrogens with zero attached hydrogens (tertiary/aromatic N) is 1. The zero-order valence-corrected chi connectivity index (χ0v) is 14.1. The Kier molecular flexibility index (Phi) is 5.11. The summed E-state index contributed by atoms with van der Waals surface area (Å²) in [5, 5.41) is 8.91. The van der Waals surface area contributed by atoms with Crippen molar-refractivity contribution in [3.8, 4) is 0 Å². The standard InChI is InChI=1S/C13H18BrNO5S/c1-2-5-9-6-3-4-7-15(9)21(18,19)11-8-10(13(16)17)20-12(11)14/h8-9H,2-7H2,1H3,(H,16,17). The second-order valence-electron chi connectivity index (χ2n) is 5.11. The fraction of sp³-hybridized carbons (Fsp3) is 0.615. The van der Waals surface area contributed by atoms with Crippen LogP contribution in [-0.4, -0.2) is 36.4 Å². The molecular formula is C13H18BrNO5S. The number of halogens is 1. The van der Waals surface area contributed by atoms with Gasteiger partial charge in [-0.25, -0.2) is 13.2 Å². The molecule has 1 N–H and O–H groups in total. The molecule has 118 valence electrons. The third kappa shape index (κ3) is 3.32. The number of hydrogen-bond acceptors (Lipinski definition) is 4. The van der Waals surface area contributed by atoms with Crippen molar-refractivity contribution in [3.05, 3.63) is 16.5 Å². The average molecular weight is 380 g/mol. The molecular weight excluding hydrogens is 362 g/mol. The lowest BCUT2D eigenvalue weighted by Crippen LogP contribution is -2.43. The number of hydrogen-bond donors (Lipinski definition) is 1. The van der Waals surface area contributed by atoms with Gasteiger partial charge >= 0.3 is 5.97 Å². The van der Waals surface area contributed by atoms with E-state index in [1.165, 1.54) is 4.31 Å². The van der Waals surface area contributed by atoms with Crippen molar-refractivity contribution in [2.45, 2.75) is 50.0 Å². The van der Waals surface area contributed by atoms with Gasteiger partial charge < -0.3 is 9.52 Å². The van der Waals surface area contributed by atoms with E-state index in [-0.39, 0.29) is 21.4 Å². The Morgan fingerprint density at radius 3 is 2.81 bits per heavy atom. The van der Waals surface area contributed by atoms with Gasteiger partial charge in [-0.1, -0.05) is 19.8 Å². The summed E-state index contributed by atoms with van der Waals surface area (Å²) < 4.78 is 31.9. The van der Waals surface area contributed by atoms with Gasteiger partial charge in [-0.05, 0) is 35.2 Å². The second-order valence-corrected chi connectivity index (χ2v) is 7.69. The van der Waals surface area contributed by atoms with E-state index < -0.39 is 16.0 Å². The van der Waals surface area contributed by atoms with Gasteiger partial charge in [-0.3, -0.25) is 0 Å². The van der Waals surface area contributed by atoms with Crippen LogP contribution in [0.4, 0.5) is 0 Å². The van der Waals surface area contributed by atoms with Crippen LogP contribution in [0.5, 0.6) is 0 Å². The van der Waals surface area contributed by atoms with Crippen molar-refractivity contribution in [2.24, 2.45) is 0 Å². The highest BCUT2D eigenvalue weighted by Gasteiger charge is 2.36. The Balaban J connectivity index is 2.38. The minimum Gasteiger partial charge on any atom is -0.475 e. The van der Waals surface area contributed by atoms with Gasteiger partial charge in [0.2, 0.25) is 15.8 Å². The van der Waals surface area contributed by atoms with Crippen LogP contribution in [0.15, 0.2) is 20.0 Å². The lowest BCUT2D eigenvalue weighted by molar-refractivity contribution is 0.0661. The Morgan fingerprint density at radius 2 is 2.24 bits per heavy atom. The monoisotopic (exact) mass is 379 g/mol. The molecule has 8 heteroatoms. The molecule has 2 heterocycles. The quantitative estimate of drug-likeness (QED) is 0.848. The van der Waals surface area contributed by atoms with E-state index >= 15 is 0 Å². The third-order valence-electron chi connectivity index (χ3n) is 3.65. The van der Waals surface area contributed by atoms with Gasteiger partial charge in [-0.15, -0.1) is 0 Å². The van der Waals surface area contributed by atoms with Gasteiger partial charge in [0.25, 0.3) is 0 Å². The summed E-state index contributed by atoms with van der Waals surface area (Å²) in [6.45, 7) is 2.49. The van der Waals surface area contributed by atoms with Crippen LogP contribution in [0.1, 0.15) is 49.6 Å². The van der Waals surface area contributed by atoms with E-state index in [1.54, 1.807) is 0 Å². The molecule has 1 unspecified atom stereocenters. The second kappa shape index (κ2) is 6.50. The summed E-state index contributed by atoms with van der Waals surface area (Å²) in [5.74, 6) is -1.68. The van der Waals surface area contributed by atoms with Crippen molar-refractivity contribution >= 4 is 31.9 Å². The third-order valence-corrected chi connectivity index (χ3v) is 6.46. The van der Waals surface area contributed by atoms with Gasteiger partial charge in [0.15, 0.2) is 4.67 Å². The highest BCUT2D eigenvalue weighted by Crippen LogP contribution is 2.33. The van der Waals surface area contributed by atoms with Crippen LogP contribution < -0.4 is 0 Å². The Morgan fingerprint density at radius 1 is 1.52 bits per heavy atom. The van der Waals surface area contributed by atoms with E-state index in [4.69, 9.17) is 9.52 Å².